The van der Waals surface area contributed by atoms with Crippen molar-refractivity contribution in [3.05, 3.63) is 29.8 Å². The first-order chi connectivity index (χ1) is 10.6. The molecule has 0 aromatic heterocycles. The Labute approximate surface area is 131 Å². The van der Waals surface area contributed by atoms with E-state index in [1.54, 1.807) is 12.1 Å². The first-order valence-corrected chi connectivity index (χ1v) is 7.94. The molecule has 2 unspecified atom stereocenters. The lowest BCUT2D eigenvalue weighted by molar-refractivity contribution is -0.136. The van der Waals surface area contributed by atoms with Gasteiger partial charge >= 0.3 is 11.8 Å². The highest BCUT2D eigenvalue weighted by Gasteiger charge is 2.22. The molecule has 1 aliphatic carbocycles. The van der Waals surface area contributed by atoms with Gasteiger partial charge in [0, 0.05) is 12.2 Å². The fourth-order valence-electron chi connectivity index (χ4n) is 2.78. The monoisotopic (exact) mass is 304 g/mol. The van der Waals surface area contributed by atoms with Crippen LogP contribution in [0.15, 0.2) is 24.3 Å². The van der Waals surface area contributed by atoms with Gasteiger partial charge in [-0.3, -0.25) is 9.59 Å². The predicted octanol–water partition coefficient (Wildman–Crippen LogP) is 1.85. The van der Waals surface area contributed by atoms with Crippen molar-refractivity contribution in [3.8, 4) is 0 Å². The first kappa shape index (κ1) is 16.5. The fourth-order valence-corrected chi connectivity index (χ4v) is 2.78. The molecule has 2 atom stereocenters. The molecule has 1 saturated carbocycles. The van der Waals surface area contributed by atoms with Gasteiger partial charge in [-0.05, 0) is 49.3 Å². The smallest absolute Gasteiger partial charge is 0.313 e. The molecule has 0 radical (unpaired) electrons. The van der Waals surface area contributed by atoms with Crippen LogP contribution < -0.4 is 10.6 Å². The van der Waals surface area contributed by atoms with Gasteiger partial charge in [-0.25, -0.2) is 0 Å². The topological polar surface area (TPSA) is 78.4 Å². The summed E-state index contributed by atoms with van der Waals surface area (Å²) in [5.74, 6) is -1.02. The van der Waals surface area contributed by atoms with E-state index < -0.39 is 11.8 Å². The fraction of sp³-hybridized carbons (Fsp3) is 0.529. The van der Waals surface area contributed by atoms with Crippen LogP contribution in [0.4, 0.5) is 5.69 Å². The summed E-state index contributed by atoms with van der Waals surface area (Å²) < 4.78 is 0. The van der Waals surface area contributed by atoms with Crippen molar-refractivity contribution in [2.45, 2.75) is 45.1 Å². The van der Waals surface area contributed by atoms with Crippen molar-refractivity contribution in [2.24, 2.45) is 5.92 Å². The third-order valence-corrected chi connectivity index (χ3v) is 4.13. The van der Waals surface area contributed by atoms with Crippen LogP contribution in [-0.2, 0) is 16.0 Å². The highest BCUT2D eigenvalue weighted by atomic mass is 16.3. The Morgan fingerprint density at radius 1 is 1.18 bits per heavy atom. The standard InChI is InChI=1S/C17H24N2O3/c1-2-12-6-8-14(9-7-12)19-17(22)16(21)18-11-13-4-3-5-15(20)10-13/h6-9,13,15,20H,2-5,10-11H2,1H3,(H,18,21)(H,19,22). The second kappa shape index (κ2) is 7.94. The van der Waals surface area contributed by atoms with Gasteiger partial charge in [0.15, 0.2) is 0 Å². The van der Waals surface area contributed by atoms with E-state index in [9.17, 15) is 14.7 Å². The third kappa shape index (κ3) is 4.84. The Hall–Kier alpha value is -1.88. The molecule has 0 bridgehead atoms. The van der Waals surface area contributed by atoms with Crippen LogP contribution in [0, 0.1) is 5.92 Å². The zero-order valence-corrected chi connectivity index (χ0v) is 13.0. The van der Waals surface area contributed by atoms with E-state index in [1.807, 2.05) is 12.1 Å². The van der Waals surface area contributed by atoms with Crippen molar-refractivity contribution in [1.29, 1.82) is 0 Å². The average molecular weight is 304 g/mol. The zero-order chi connectivity index (χ0) is 15.9. The Balaban J connectivity index is 1.77. The molecule has 5 heteroatoms. The quantitative estimate of drug-likeness (QED) is 0.743. The second-order valence-electron chi connectivity index (χ2n) is 5.90. The molecule has 0 aliphatic heterocycles. The maximum absolute atomic E-state index is 11.8. The Morgan fingerprint density at radius 3 is 2.55 bits per heavy atom. The molecule has 1 aromatic rings. The molecule has 120 valence electrons. The predicted molar refractivity (Wildman–Crippen MR) is 85.4 cm³/mol. The summed E-state index contributed by atoms with van der Waals surface area (Å²) >= 11 is 0. The summed E-state index contributed by atoms with van der Waals surface area (Å²) in [5, 5.41) is 14.8. The van der Waals surface area contributed by atoms with Gasteiger partial charge in [-0.1, -0.05) is 25.5 Å². The molecule has 0 spiro atoms. The first-order valence-electron chi connectivity index (χ1n) is 7.94. The number of benzene rings is 1. The second-order valence-corrected chi connectivity index (χ2v) is 5.90. The van der Waals surface area contributed by atoms with Crippen LogP contribution in [0.1, 0.15) is 38.2 Å². The molecule has 5 nitrogen and oxygen atoms in total. The maximum Gasteiger partial charge on any atom is 0.313 e. The summed E-state index contributed by atoms with van der Waals surface area (Å²) in [5.41, 5.74) is 1.80. The summed E-state index contributed by atoms with van der Waals surface area (Å²) in [6.07, 6.45) is 4.14. The lowest BCUT2D eigenvalue weighted by Crippen LogP contribution is -2.39. The average Bonchev–Trinajstić information content (AvgIpc) is 2.53. The number of carbonyl (C=O) groups is 2. The lowest BCUT2D eigenvalue weighted by atomic mass is 9.87. The number of amides is 2. The lowest BCUT2D eigenvalue weighted by Gasteiger charge is -2.25. The number of aliphatic hydroxyl groups excluding tert-OH is 1. The van der Waals surface area contributed by atoms with Gasteiger partial charge in [-0.15, -0.1) is 0 Å². The molecule has 22 heavy (non-hydrogen) atoms. The largest absolute Gasteiger partial charge is 0.393 e. The normalized spacial score (nSPS) is 21.2. The van der Waals surface area contributed by atoms with E-state index in [-0.39, 0.29) is 12.0 Å². The molecule has 0 heterocycles. The molecule has 1 aliphatic rings. The van der Waals surface area contributed by atoms with E-state index in [4.69, 9.17) is 0 Å². The van der Waals surface area contributed by atoms with Crippen LogP contribution in [0.25, 0.3) is 0 Å². The van der Waals surface area contributed by atoms with Crippen LogP contribution in [0.5, 0.6) is 0 Å². The molecule has 2 amide bonds. The minimum absolute atomic E-state index is 0.254. The van der Waals surface area contributed by atoms with E-state index in [0.29, 0.717) is 18.7 Å². The zero-order valence-electron chi connectivity index (χ0n) is 13.0. The molecule has 2 rings (SSSR count). The minimum atomic E-state index is -0.652. The molecular formula is C17H24N2O3. The van der Waals surface area contributed by atoms with E-state index in [1.165, 1.54) is 5.56 Å². The molecule has 1 aromatic carbocycles. The number of aryl methyl sites for hydroxylation is 1. The molecule has 0 saturated heterocycles. The number of anilines is 1. The van der Waals surface area contributed by atoms with Gasteiger partial charge in [0.25, 0.3) is 0 Å². The van der Waals surface area contributed by atoms with Crippen LogP contribution in [-0.4, -0.2) is 29.6 Å². The number of carbonyl (C=O) groups excluding carboxylic acids is 2. The van der Waals surface area contributed by atoms with Gasteiger partial charge in [-0.2, -0.15) is 0 Å². The van der Waals surface area contributed by atoms with Crippen LogP contribution in [0.3, 0.4) is 0 Å². The third-order valence-electron chi connectivity index (χ3n) is 4.13. The Morgan fingerprint density at radius 2 is 1.91 bits per heavy atom. The summed E-state index contributed by atoms with van der Waals surface area (Å²) in [7, 11) is 0. The number of hydrogen-bond acceptors (Lipinski definition) is 3. The molecule has 3 N–H and O–H groups in total. The summed E-state index contributed by atoms with van der Waals surface area (Å²) in [4.78, 5) is 23.6. The van der Waals surface area contributed by atoms with Gasteiger partial charge in [0.2, 0.25) is 0 Å². The van der Waals surface area contributed by atoms with Crippen molar-refractivity contribution in [2.75, 3.05) is 11.9 Å². The summed E-state index contributed by atoms with van der Waals surface area (Å²) in [6.45, 7) is 2.50. The van der Waals surface area contributed by atoms with E-state index in [2.05, 4.69) is 17.6 Å². The highest BCUT2D eigenvalue weighted by molar-refractivity contribution is 6.39. The Bertz CT molecular complexity index is 513. The van der Waals surface area contributed by atoms with Gasteiger partial charge in [0.05, 0.1) is 6.10 Å². The van der Waals surface area contributed by atoms with Crippen molar-refractivity contribution in [1.82, 2.24) is 5.32 Å². The highest BCUT2D eigenvalue weighted by Crippen LogP contribution is 2.23. The SMILES string of the molecule is CCc1ccc(NC(=O)C(=O)NCC2CCCC(O)C2)cc1. The van der Waals surface area contributed by atoms with Crippen molar-refractivity contribution in [3.63, 3.8) is 0 Å². The van der Waals surface area contributed by atoms with E-state index >= 15 is 0 Å². The van der Waals surface area contributed by atoms with Crippen LogP contribution in [0.2, 0.25) is 0 Å². The number of aliphatic hydroxyl groups is 1. The molecule has 1 fully saturated rings. The summed E-state index contributed by atoms with van der Waals surface area (Å²) in [6, 6.07) is 7.44. The number of rotatable bonds is 4. The van der Waals surface area contributed by atoms with Gasteiger partial charge in [0.1, 0.15) is 0 Å². The minimum Gasteiger partial charge on any atom is -0.393 e. The number of hydrogen-bond donors (Lipinski definition) is 3. The number of nitrogens with one attached hydrogen (secondary N) is 2. The molecular weight excluding hydrogens is 280 g/mol. The van der Waals surface area contributed by atoms with Crippen molar-refractivity contribution < 1.29 is 14.7 Å². The van der Waals surface area contributed by atoms with Crippen LogP contribution >= 0.6 is 0 Å². The Kier molecular flexibility index (Phi) is 5.95. The van der Waals surface area contributed by atoms with E-state index in [0.717, 1.165) is 25.7 Å². The van der Waals surface area contributed by atoms with Crippen molar-refractivity contribution >= 4 is 17.5 Å². The maximum atomic E-state index is 11.8. The van der Waals surface area contributed by atoms with Gasteiger partial charge < -0.3 is 15.7 Å².